The van der Waals surface area contributed by atoms with Gasteiger partial charge in [0.15, 0.2) is 0 Å². The zero-order chi connectivity index (χ0) is 17.0. The number of piperidine rings is 2. The Morgan fingerprint density at radius 2 is 1.75 bits per heavy atom. The lowest BCUT2D eigenvalue weighted by molar-refractivity contribution is 0.0128. The Labute approximate surface area is 146 Å². The first-order valence-electron chi connectivity index (χ1n) is 9.55. The average Bonchev–Trinajstić information content (AvgIpc) is 2.62. The summed E-state index contributed by atoms with van der Waals surface area (Å²) in [7, 11) is 2.25. The van der Waals surface area contributed by atoms with E-state index in [1.165, 1.54) is 58.3 Å². The molecule has 0 amide bonds. The maximum atomic E-state index is 4.54. The Hall–Kier alpha value is -1.04. The molecule has 2 saturated heterocycles. The van der Waals surface area contributed by atoms with E-state index >= 15 is 0 Å². The van der Waals surface area contributed by atoms with Gasteiger partial charge < -0.3 is 10.2 Å². The number of hydrogen-bond donors (Lipinski definition) is 1. The van der Waals surface area contributed by atoms with Crippen LogP contribution in [0.1, 0.15) is 56.5 Å². The molecule has 2 aliphatic rings. The minimum absolute atomic E-state index is 0.250. The Morgan fingerprint density at radius 1 is 1.08 bits per heavy atom. The molecule has 2 fully saturated rings. The molecule has 1 N–H and O–H groups in total. The van der Waals surface area contributed by atoms with Crippen molar-refractivity contribution in [2.45, 2.75) is 57.5 Å². The van der Waals surface area contributed by atoms with Crippen LogP contribution in [0.15, 0.2) is 12.4 Å². The van der Waals surface area contributed by atoms with Crippen LogP contribution in [0, 0.1) is 6.92 Å². The zero-order valence-corrected chi connectivity index (χ0v) is 15.6. The Balaban J connectivity index is 1.69. The first-order chi connectivity index (χ1) is 11.6. The first kappa shape index (κ1) is 17.8. The second-order valence-electron chi connectivity index (χ2n) is 7.70. The Morgan fingerprint density at radius 3 is 2.42 bits per heavy atom. The van der Waals surface area contributed by atoms with E-state index in [0.29, 0.717) is 5.54 Å². The molecule has 0 aliphatic carbocycles. The third-order valence-electron chi connectivity index (χ3n) is 6.01. The third-order valence-corrected chi connectivity index (χ3v) is 6.01. The Bertz CT molecular complexity index is 518. The number of aromatic nitrogens is 2. The number of rotatable bonds is 5. The van der Waals surface area contributed by atoms with E-state index in [1.807, 2.05) is 0 Å². The molecule has 134 valence electrons. The van der Waals surface area contributed by atoms with Crippen molar-refractivity contribution < 1.29 is 0 Å². The van der Waals surface area contributed by atoms with E-state index in [9.17, 15) is 0 Å². The summed E-state index contributed by atoms with van der Waals surface area (Å²) >= 11 is 0. The second kappa shape index (κ2) is 7.89. The molecule has 1 aromatic heterocycles. The van der Waals surface area contributed by atoms with Crippen LogP contribution >= 0.6 is 0 Å². The molecule has 5 nitrogen and oxygen atoms in total. The highest BCUT2D eigenvalue weighted by Crippen LogP contribution is 2.31. The molecule has 0 saturated carbocycles. The molecule has 1 atom stereocenters. The maximum Gasteiger partial charge on any atom is 0.0782 e. The second-order valence-corrected chi connectivity index (χ2v) is 7.70. The van der Waals surface area contributed by atoms with Crippen molar-refractivity contribution >= 4 is 0 Å². The van der Waals surface area contributed by atoms with Gasteiger partial charge in [0.25, 0.3) is 0 Å². The molecule has 0 bridgehead atoms. The lowest BCUT2D eigenvalue weighted by Gasteiger charge is -2.50. The molecule has 0 spiro atoms. The predicted octanol–water partition coefficient (Wildman–Crippen LogP) is 2.39. The normalized spacial score (nSPS) is 24.0. The van der Waals surface area contributed by atoms with E-state index in [1.54, 1.807) is 12.4 Å². The summed E-state index contributed by atoms with van der Waals surface area (Å²) in [6.45, 7) is 10.3. The quantitative estimate of drug-likeness (QED) is 0.897. The van der Waals surface area contributed by atoms with Crippen LogP contribution in [0.2, 0.25) is 0 Å². The van der Waals surface area contributed by atoms with Gasteiger partial charge in [-0.25, -0.2) is 0 Å². The van der Waals surface area contributed by atoms with E-state index < -0.39 is 0 Å². The SMILES string of the molecule is Cc1nccnc1C(C)NCC1(N2CCCCC2)CCN(C)CC1. The summed E-state index contributed by atoms with van der Waals surface area (Å²) in [6.07, 6.45) is 10.2. The van der Waals surface area contributed by atoms with Crippen LogP contribution in [-0.4, -0.2) is 65.1 Å². The highest BCUT2D eigenvalue weighted by atomic mass is 15.3. The van der Waals surface area contributed by atoms with Crippen LogP contribution in [0.4, 0.5) is 0 Å². The Kier molecular flexibility index (Phi) is 5.85. The van der Waals surface area contributed by atoms with E-state index in [4.69, 9.17) is 0 Å². The fraction of sp³-hybridized carbons (Fsp3) is 0.789. The van der Waals surface area contributed by atoms with Crippen LogP contribution in [0.3, 0.4) is 0 Å². The zero-order valence-electron chi connectivity index (χ0n) is 15.6. The average molecular weight is 332 g/mol. The van der Waals surface area contributed by atoms with Crippen molar-refractivity contribution in [3.8, 4) is 0 Å². The number of hydrogen-bond acceptors (Lipinski definition) is 5. The van der Waals surface area contributed by atoms with Crippen molar-refractivity contribution in [1.29, 1.82) is 0 Å². The summed E-state index contributed by atoms with van der Waals surface area (Å²) in [6, 6.07) is 0.250. The van der Waals surface area contributed by atoms with Gasteiger partial charge in [-0.15, -0.1) is 0 Å². The topological polar surface area (TPSA) is 44.3 Å². The van der Waals surface area contributed by atoms with Gasteiger partial charge in [-0.1, -0.05) is 6.42 Å². The highest BCUT2D eigenvalue weighted by molar-refractivity contribution is 5.13. The molecule has 5 heteroatoms. The van der Waals surface area contributed by atoms with Crippen LogP contribution in [0.5, 0.6) is 0 Å². The predicted molar refractivity (Wildman–Crippen MR) is 98.1 cm³/mol. The summed E-state index contributed by atoms with van der Waals surface area (Å²) in [5.41, 5.74) is 2.43. The standard InChI is InChI=1S/C19H33N5/c1-16-18(21-10-9-20-16)17(2)22-15-19(7-13-23(3)14-8-19)24-11-5-4-6-12-24/h9-10,17,22H,4-8,11-15H2,1-3H3. The summed E-state index contributed by atoms with van der Waals surface area (Å²) in [5.74, 6) is 0. The molecule has 3 rings (SSSR count). The summed E-state index contributed by atoms with van der Waals surface area (Å²) < 4.78 is 0. The van der Waals surface area contributed by atoms with Crippen molar-refractivity contribution in [3.05, 3.63) is 23.8 Å². The van der Waals surface area contributed by atoms with Crippen molar-refractivity contribution in [2.75, 3.05) is 39.8 Å². The lowest BCUT2D eigenvalue weighted by atomic mass is 9.83. The largest absolute Gasteiger partial charge is 0.307 e. The van der Waals surface area contributed by atoms with Gasteiger partial charge in [0, 0.05) is 30.5 Å². The maximum absolute atomic E-state index is 4.54. The summed E-state index contributed by atoms with van der Waals surface area (Å²) in [4.78, 5) is 14.2. The molecule has 1 aromatic rings. The molecule has 3 heterocycles. The van der Waals surface area contributed by atoms with Crippen molar-refractivity contribution in [2.24, 2.45) is 0 Å². The molecule has 0 radical (unpaired) electrons. The number of aryl methyl sites for hydroxylation is 1. The lowest BCUT2D eigenvalue weighted by Crippen LogP contribution is -2.61. The minimum atomic E-state index is 0.250. The molecule has 2 aliphatic heterocycles. The van der Waals surface area contributed by atoms with Gasteiger partial charge in [0.1, 0.15) is 0 Å². The summed E-state index contributed by atoms with van der Waals surface area (Å²) in [5, 5.41) is 3.80. The van der Waals surface area contributed by atoms with Gasteiger partial charge >= 0.3 is 0 Å². The van der Waals surface area contributed by atoms with E-state index in [-0.39, 0.29) is 6.04 Å². The number of nitrogens with one attached hydrogen (secondary N) is 1. The molecular weight excluding hydrogens is 298 g/mol. The molecular formula is C19H33N5. The number of nitrogens with zero attached hydrogens (tertiary/aromatic N) is 4. The van der Waals surface area contributed by atoms with Crippen LogP contribution in [-0.2, 0) is 0 Å². The van der Waals surface area contributed by atoms with Gasteiger partial charge in [-0.05, 0) is 72.8 Å². The van der Waals surface area contributed by atoms with Gasteiger partial charge in [-0.3, -0.25) is 14.9 Å². The number of likely N-dealkylation sites (tertiary alicyclic amines) is 2. The molecule has 0 aromatic carbocycles. The smallest absolute Gasteiger partial charge is 0.0782 e. The van der Waals surface area contributed by atoms with E-state index in [0.717, 1.165) is 17.9 Å². The van der Waals surface area contributed by atoms with Gasteiger partial charge in [0.05, 0.1) is 11.4 Å². The van der Waals surface area contributed by atoms with E-state index in [2.05, 4.69) is 46.0 Å². The third kappa shape index (κ3) is 3.95. The minimum Gasteiger partial charge on any atom is -0.307 e. The molecule has 1 unspecified atom stereocenters. The highest BCUT2D eigenvalue weighted by Gasteiger charge is 2.39. The van der Waals surface area contributed by atoms with Crippen molar-refractivity contribution in [3.63, 3.8) is 0 Å². The van der Waals surface area contributed by atoms with Gasteiger partial charge in [-0.2, -0.15) is 0 Å². The fourth-order valence-corrected chi connectivity index (χ4v) is 4.29. The fourth-order valence-electron chi connectivity index (χ4n) is 4.29. The van der Waals surface area contributed by atoms with Gasteiger partial charge in [0.2, 0.25) is 0 Å². The van der Waals surface area contributed by atoms with Crippen molar-refractivity contribution in [1.82, 2.24) is 25.1 Å². The van der Waals surface area contributed by atoms with Crippen LogP contribution < -0.4 is 5.32 Å². The van der Waals surface area contributed by atoms with Crippen LogP contribution in [0.25, 0.3) is 0 Å². The molecule has 24 heavy (non-hydrogen) atoms. The monoisotopic (exact) mass is 331 g/mol. The first-order valence-corrected chi connectivity index (χ1v) is 9.55.